The van der Waals surface area contributed by atoms with Crippen LogP contribution in [0, 0.1) is 6.92 Å². The lowest BCUT2D eigenvalue weighted by atomic mass is 10.1. The molecule has 3 aromatic rings. The third kappa shape index (κ3) is 4.03. The highest BCUT2D eigenvalue weighted by Gasteiger charge is 2.22. The lowest BCUT2D eigenvalue weighted by Gasteiger charge is -2.11. The molecule has 1 aromatic heterocycles. The van der Waals surface area contributed by atoms with E-state index in [0.29, 0.717) is 16.2 Å². The van der Waals surface area contributed by atoms with Crippen LogP contribution in [0.2, 0.25) is 0 Å². The largest absolute Gasteiger partial charge is 0.311 e. The molecule has 6 heteroatoms. The number of aryl methyl sites for hydroxylation is 1. The van der Waals surface area contributed by atoms with Gasteiger partial charge in [-0.3, -0.25) is 0 Å². The molecule has 0 aliphatic heterocycles. The molecule has 4 nitrogen and oxygen atoms in total. The van der Waals surface area contributed by atoms with E-state index in [-0.39, 0.29) is 11.8 Å². The van der Waals surface area contributed by atoms with Crippen molar-refractivity contribution in [3.8, 4) is 11.3 Å². The van der Waals surface area contributed by atoms with Crippen molar-refractivity contribution in [2.45, 2.75) is 30.5 Å². The van der Waals surface area contributed by atoms with Gasteiger partial charge in [0.1, 0.15) is 5.01 Å². The zero-order valence-electron chi connectivity index (χ0n) is 15.1. The summed E-state index contributed by atoms with van der Waals surface area (Å²) in [5, 5.41) is 6.03. The number of nitrogens with one attached hydrogen (secondary N) is 1. The van der Waals surface area contributed by atoms with Crippen molar-refractivity contribution in [2.24, 2.45) is 0 Å². The Hall–Kier alpha value is -2.02. The van der Waals surface area contributed by atoms with Crippen LogP contribution in [0.3, 0.4) is 0 Å². The Labute approximate surface area is 158 Å². The van der Waals surface area contributed by atoms with E-state index in [4.69, 9.17) is 0 Å². The standard InChI is InChI=1S/C20H22N2O2S2/c1-14-9-10-19(26(23,24)13-16-7-5-4-6-8-16)17(11-14)18-12-25-20(22-18)15(2)21-3/h4-12,15,21H,13H2,1-3H3. The topological polar surface area (TPSA) is 59.1 Å². The summed E-state index contributed by atoms with van der Waals surface area (Å²) in [6.07, 6.45) is 0. The van der Waals surface area contributed by atoms with E-state index >= 15 is 0 Å². The number of sulfone groups is 1. The van der Waals surface area contributed by atoms with Crippen molar-refractivity contribution in [1.82, 2.24) is 10.3 Å². The van der Waals surface area contributed by atoms with Crippen molar-refractivity contribution in [3.63, 3.8) is 0 Å². The fourth-order valence-electron chi connectivity index (χ4n) is 2.72. The van der Waals surface area contributed by atoms with Crippen LogP contribution in [-0.4, -0.2) is 20.4 Å². The van der Waals surface area contributed by atoms with Gasteiger partial charge >= 0.3 is 0 Å². The van der Waals surface area contributed by atoms with Gasteiger partial charge in [0.05, 0.1) is 22.4 Å². The van der Waals surface area contributed by atoms with E-state index in [9.17, 15) is 8.42 Å². The molecule has 26 heavy (non-hydrogen) atoms. The molecule has 0 saturated carbocycles. The molecule has 0 spiro atoms. The maximum Gasteiger partial charge on any atom is 0.183 e. The molecular formula is C20H22N2O2S2. The molecule has 3 rings (SSSR count). The van der Waals surface area contributed by atoms with Gasteiger partial charge in [0.15, 0.2) is 9.84 Å². The number of aromatic nitrogens is 1. The molecular weight excluding hydrogens is 364 g/mol. The summed E-state index contributed by atoms with van der Waals surface area (Å²) in [5.74, 6) is -0.0200. The predicted molar refractivity (Wildman–Crippen MR) is 107 cm³/mol. The second-order valence-corrected chi connectivity index (χ2v) is 9.17. The van der Waals surface area contributed by atoms with Crippen molar-refractivity contribution >= 4 is 21.2 Å². The Morgan fingerprint density at radius 1 is 1.15 bits per heavy atom. The van der Waals surface area contributed by atoms with E-state index in [1.165, 1.54) is 11.3 Å². The van der Waals surface area contributed by atoms with Crippen molar-refractivity contribution in [1.29, 1.82) is 0 Å². The number of benzene rings is 2. The van der Waals surface area contributed by atoms with Gasteiger partial charge in [0.25, 0.3) is 0 Å². The Morgan fingerprint density at radius 2 is 1.88 bits per heavy atom. The van der Waals surface area contributed by atoms with Crippen LogP contribution >= 0.6 is 11.3 Å². The van der Waals surface area contributed by atoms with Crippen LogP contribution in [0.1, 0.15) is 29.1 Å². The average Bonchev–Trinajstić information content (AvgIpc) is 3.11. The highest BCUT2D eigenvalue weighted by atomic mass is 32.2. The van der Waals surface area contributed by atoms with Gasteiger partial charge in [0.2, 0.25) is 0 Å². The molecule has 0 saturated heterocycles. The summed E-state index contributed by atoms with van der Waals surface area (Å²) in [4.78, 5) is 5.00. The zero-order chi connectivity index (χ0) is 18.7. The van der Waals surface area contributed by atoms with E-state index < -0.39 is 9.84 Å². The van der Waals surface area contributed by atoms with E-state index in [1.54, 1.807) is 6.07 Å². The van der Waals surface area contributed by atoms with Crippen molar-refractivity contribution in [2.75, 3.05) is 7.05 Å². The molecule has 0 amide bonds. The van der Waals surface area contributed by atoms with E-state index in [0.717, 1.165) is 16.1 Å². The zero-order valence-corrected chi connectivity index (χ0v) is 16.7. The maximum atomic E-state index is 13.1. The fourth-order valence-corrected chi connectivity index (χ4v) is 5.17. The first-order valence-electron chi connectivity index (χ1n) is 8.41. The lowest BCUT2D eigenvalue weighted by Crippen LogP contribution is -2.12. The minimum Gasteiger partial charge on any atom is -0.311 e. The minimum absolute atomic E-state index is 0.0200. The molecule has 0 aliphatic carbocycles. The van der Waals surface area contributed by atoms with Gasteiger partial charge in [-0.2, -0.15) is 0 Å². The summed E-state index contributed by atoms with van der Waals surface area (Å²) >= 11 is 1.54. The van der Waals surface area contributed by atoms with E-state index in [2.05, 4.69) is 10.3 Å². The third-order valence-corrected chi connectivity index (χ3v) is 7.04. The monoisotopic (exact) mass is 386 g/mol. The summed E-state index contributed by atoms with van der Waals surface area (Å²) in [6, 6.07) is 14.8. The van der Waals surface area contributed by atoms with Gasteiger partial charge in [-0.25, -0.2) is 13.4 Å². The number of rotatable bonds is 6. The number of hydrogen-bond donors (Lipinski definition) is 1. The van der Waals surface area contributed by atoms with Gasteiger partial charge in [-0.05, 0) is 38.6 Å². The third-order valence-electron chi connectivity index (χ3n) is 4.27. The minimum atomic E-state index is -3.48. The number of thiazole rings is 1. The summed E-state index contributed by atoms with van der Waals surface area (Å²) < 4.78 is 26.1. The molecule has 136 valence electrons. The van der Waals surface area contributed by atoms with Crippen LogP contribution < -0.4 is 5.32 Å². The molecule has 1 N–H and O–H groups in total. The Bertz CT molecular complexity index is 996. The molecule has 1 heterocycles. The first-order chi connectivity index (χ1) is 12.4. The predicted octanol–water partition coefficient (Wildman–Crippen LogP) is 4.37. The SMILES string of the molecule is CNC(C)c1nc(-c2cc(C)ccc2S(=O)(=O)Cc2ccccc2)cs1. The lowest BCUT2D eigenvalue weighted by molar-refractivity contribution is 0.595. The van der Waals surface area contributed by atoms with Gasteiger partial charge in [0, 0.05) is 10.9 Å². The van der Waals surface area contributed by atoms with Crippen molar-refractivity contribution in [3.05, 3.63) is 70.0 Å². The first-order valence-corrected chi connectivity index (χ1v) is 10.9. The summed E-state index contributed by atoms with van der Waals surface area (Å²) in [7, 11) is -1.59. The van der Waals surface area contributed by atoms with Gasteiger partial charge in [-0.1, -0.05) is 42.0 Å². The maximum absolute atomic E-state index is 13.1. The Balaban J connectivity index is 2.04. The van der Waals surface area contributed by atoms with Crippen LogP contribution in [0.5, 0.6) is 0 Å². The van der Waals surface area contributed by atoms with Gasteiger partial charge in [-0.15, -0.1) is 11.3 Å². The van der Waals surface area contributed by atoms with Gasteiger partial charge < -0.3 is 5.32 Å². The quantitative estimate of drug-likeness (QED) is 0.683. The van der Waals surface area contributed by atoms with E-state index in [1.807, 2.05) is 68.7 Å². The fraction of sp³-hybridized carbons (Fsp3) is 0.250. The Kier molecular flexibility index (Phi) is 5.55. The van der Waals surface area contributed by atoms with Crippen LogP contribution in [0.4, 0.5) is 0 Å². The highest BCUT2D eigenvalue weighted by Crippen LogP contribution is 2.32. The molecule has 0 radical (unpaired) electrons. The summed E-state index contributed by atoms with van der Waals surface area (Å²) in [5.41, 5.74) is 3.17. The molecule has 1 atom stereocenters. The molecule has 0 fully saturated rings. The molecule has 1 unspecified atom stereocenters. The number of hydrogen-bond acceptors (Lipinski definition) is 5. The second kappa shape index (κ2) is 7.70. The smallest absolute Gasteiger partial charge is 0.183 e. The molecule has 0 bridgehead atoms. The van der Waals surface area contributed by atoms with Crippen LogP contribution in [0.15, 0.2) is 58.8 Å². The van der Waals surface area contributed by atoms with Crippen LogP contribution in [-0.2, 0) is 15.6 Å². The normalized spacial score (nSPS) is 12.9. The number of nitrogens with zero attached hydrogens (tertiary/aromatic N) is 1. The van der Waals surface area contributed by atoms with Crippen molar-refractivity contribution < 1.29 is 8.42 Å². The first kappa shape index (κ1) is 18.8. The molecule has 2 aromatic carbocycles. The average molecular weight is 387 g/mol. The highest BCUT2D eigenvalue weighted by molar-refractivity contribution is 7.90. The van der Waals surface area contributed by atoms with Crippen LogP contribution in [0.25, 0.3) is 11.3 Å². The second-order valence-electron chi connectivity index (χ2n) is 6.33. The molecule has 0 aliphatic rings. The Morgan fingerprint density at radius 3 is 2.58 bits per heavy atom. The summed E-state index contributed by atoms with van der Waals surface area (Å²) in [6.45, 7) is 3.99.